The number of carbonyl (C=O) groups excluding carboxylic acids is 3. The van der Waals surface area contributed by atoms with Gasteiger partial charge in [-0.3, -0.25) is 19.7 Å². The number of hydrogen-bond acceptors (Lipinski definition) is 6. The van der Waals surface area contributed by atoms with Gasteiger partial charge in [0.15, 0.2) is 6.61 Å². The Hall–Kier alpha value is -3.83. The number of anilines is 1. The first-order chi connectivity index (χ1) is 14.1. The number of halogens is 3. The summed E-state index contributed by atoms with van der Waals surface area (Å²) in [5.41, 5.74) is -1.62. The Labute approximate surface area is 167 Å². The van der Waals surface area contributed by atoms with E-state index in [-0.39, 0.29) is 0 Å². The third-order valence-corrected chi connectivity index (χ3v) is 3.58. The molecule has 0 atom stereocenters. The summed E-state index contributed by atoms with van der Waals surface area (Å²) in [7, 11) is 1.47. The largest absolute Gasteiger partial charge is 0.497 e. The van der Waals surface area contributed by atoms with Crippen LogP contribution in [0.15, 0.2) is 47.4 Å². The number of benzene rings is 1. The van der Waals surface area contributed by atoms with Crippen molar-refractivity contribution in [3.63, 3.8) is 0 Å². The molecule has 2 rings (SSSR count). The summed E-state index contributed by atoms with van der Waals surface area (Å²) < 4.78 is 48.1. The quantitative estimate of drug-likeness (QED) is 0.679. The van der Waals surface area contributed by atoms with Crippen LogP contribution in [0.1, 0.15) is 5.56 Å². The van der Waals surface area contributed by atoms with Gasteiger partial charge in [-0.15, -0.1) is 0 Å². The smallest absolute Gasteiger partial charge is 0.417 e. The molecule has 0 aliphatic rings. The van der Waals surface area contributed by atoms with Crippen molar-refractivity contribution in [3.8, 4) is 5.75 Å². The molecule has 1 heterocycles. The molecule has 0 radical (unpaired) electrons. The van der Waals surface area contributed by atoms with Crippen molar-refractivity contribution >= 4 is 23.6 Å². The lowest BCUT2D eigenvalue weighted by atomic mass is 10.3. The Kier molecular flexibility index (Phi) is 7.17. The number of alkyl halides is 3. The summed E-state index contributed by atoms with van der Waals surface area (Å²) >= 11 is 0. The molecule has 12 heteroatoms. The number of methoxy groups -OCH3 is 1. The lowest BCUT2D eigenvalue weighted by Gasteiger charge is -2.11. The van der Waals surface area contributed by atoms with Gasteiger partial charge in [-0.2, -0.15) is 13.2 Å². The van der Waals surface area contributed by atoms with Crippen LogP contribution in [0.4, 0.5) is 23.7 Å². The van der Waals surface area contributed by atoms with Gasteiger partial charge in [0.2, 0.25) is 0 Å². The maximum absolute atomic E-state index is 12.7. The van der Waals surface area contributed by atoms with Gasteiger partial charge in [-0.25, -0.2) is 4.79 Å². The predicted octanol–water partition coefficient (Wildman–Crippen LogP) is 1.77. The highest BCUT2D eigenvalue weighted by atomic mass is 19.4. The Bertz CT molecular complexity index is 986. The average molecular weight is 427 g/mol. The molecule has 0 aliphatic heterocycles. The van der Waals surface area contributed by atoms with Gasteiger partial charge < -0.3 is 19.4 Å². The molecule has 0 spiro atoms. The summed E-state index contributed by atoms with van der Waals surface area (Å²) in [6.45, 7) is -1.71. The van der Waals surface area contributed by atoms with Crippen LogP contribution < -0.4 is 20.9 Å². The number of carbonyl (C=O) groups is 3. The highest BCUT2D eigenvalue weighted by molar-refractivity contribution is 6.01. The van der Waals surface area contributed by atoms with Crippen LogP contribution in [0.3, 0.4) is 0 Å². The van der Waals surface area contributed by atoms with Crippen LogP contribution in [0.25, 0.3) is 0 Å². The zero-order chi connectivity index (χ0) is 22.3. The Balaban J connectivity index is 1.83. The molecule has 0 bridgehead atoms. The van der Waals surface area contributed by atoms with Crippen molar-refractivity contribution in [1.29, 1.82) is 0 Å². The van der Waals surface area contributed by atoms with Crippen LogP contribution >= 0.6 is 0 Å². The molecule has 0 saturated heterocycles. The van der Waals surface area contributed by atoms with Gasteiger partial charge in [0, 0.05) is 18.0 Å². The molecule has 0 fully saturated rings. The van der Waals surface area contributed by atoms with Crippen molar-refractivity contribution in [1.82, 2.24) is 9.88 Å². The van der Waals surface area contributed by atoms with E-state index in [4.69, 9.17) is 4.74 Å². The second kappa shape index (κ2) is 9.58. The highest BCUT2D eigenvalue weighted by Crippen LogP contribution is 2.27. The minimum Gasteiger partial charge on any atom is -0.497 e. The second-order valence-electron chi connectivity index (χ2n) is 5.77. The molecule has 9 nitrogen and oxygen atoms in total. The first-order valence-electron chi connectivity index (χ1n) is 8.26. The minimum atomic E-state index is -4.70. The fourth-order valence-electron chi connectivity index (χ4n) is 2.15. The monoisotopic (exact) mass is 427 g/mol. The van der Waals surface area contributed by atoms with Crippen LogP contribution in [-0.4, -0.2) is 36.2 Å². The number of aromatic nitrogens is 1. The van der Waals surface area contributed by atoms with E-state index in [0.717, 1.165) is 0 Å². The number of urea groups is 1. The highest BCUT2D eigenvalue weighted by Gasteiger charge is 2.31. The Morgan fingerprint density at radius 1 is 1.07 bits per heavy atom. The van der Waals surface area contributed by atoms with E-state index in [9.17, 15) is 32.3 Å². The molecular formula is C18H16F3N3O6. The number of nitrogens with one attached hydrogen (secondary N) is 2. The average Bonchev–Trinajstić information content (AvgIpc) is 2.67. The molecule has 0 unspecified atom stereocenters. The normalized spacial score (nSPS) is 10.8. The van der Waals surface area contributed by atoms with Crippen LogP contribution in [0.5, 0.6) is 5.75 Å². The maximum Gasteiger partial charge on any atom is 0.417 e. The molecule has 2 N–H and O–H groups in total. The molecule has 0 aliphatic carbocycles. The van der Waals surface area contributed by atoms with Crippen LogP contribution in [-0.2, 0) is 27.0 Å². The fourth-order valence-corrected chi connectivity index (χ4v) is 2.15. The number of pyridine rings is 1. The Morgan fingerprint density at radius 3 is 2.33 bits per heavy atom. The number of esters is 1. The van der Waals surface area contributed by atoms with Crippen molar-refractivity contribution in [2.45, 2.75) is 12.7 Å². The summed E-state index contributed by atoms with van der Waals surface area (Å²) in [5, 5.41) is 4.26. The van der Waals surface area contributed by atoms with Gasteiger partial charge in [0.1, 0.15) is 12.3 Å². The van der Waals surface area contributed by atoms with Crippen molar-refractivity contribution in [2.24, 2.45) is 0 Å². The molecule has 160 valence electrons. The predicted molar refractivity (Wildman–Crippen MR) is 96.8 cm³/mol. The third kappa shape index (κ3) is 6.65. The number of ether oxygens (including phenoxy) is 2. The fraction of sp³-hybridized carbons (Fsp3) is 0.222. The number of amides is 3. The van der Waals surface area contributed by atoms with E-state index >= 15 is 0 Å². The van der Waals surface area contributed by atoms with Crippen LogP contribution in [0, 0.1) is 0 Å². The number of rotatable bonds is 6. The van der Waals surface area contributed by atoms with Gasteiger partial charge in [-0.1, -0.05) is 0 Å². The van der Waals surface area contributed by atoms with E-state index in [0.29, 0.717) is 34.3 Å². The van der Waals surface area contributed by atoms with E-state index in [1.165, 1.54) is 19.2 Å². The lowest BCUT2D eigenvalue weighted by Crippen LogP contribution is -2.37. The molecule has 30 heavy (non-hydrogen) atoms. The maximum atomic E-state index is 12.7. The van der Waals surface area contributed by atoms with E-state index in [2.05, 4.69) is 10.1 Å². The second-order valence-corrected chi connectivity index (χ2v) is 5.77. The number of hydrogen-bond donors (Lipinski definition) is 2. The molecular weight excluding hydrogens is 411 g/mol. The first-order valence-corrected chi connectivity index (χ1v) is 8.26. The number of imide groups is 1. The summed E-state index contributed by atoms with van der Waals surface area (Å²) in [6.07, 6.45) is -4.23. The van der Waals surface area contributed by atoms with Crippen molar-refractivity contribution in [2.75, 3.05) is 19.0 Å². The molecule has 3 amide bonds. The van der Waals surface area contributed by atoms with Gasteiger partial charge in [-0.05, 0) is 30.3 Å². The molecule has 1 aromatic carbocycles. The van der Waals surface area contributed by atoms with Crippen molar-refractivity contribution in [3.05, 3.63) is 58.5 Å². The van der Waals surface area contributed by atoms with Gasteiger partial charge >= 0.3 is 18.2 Å². The summed E-state index contributed by atoms with van der Waals surface area (Å²) in [5.74, 6) is -1.56. The Morgan fingerprint density at radius 2 is 1.73 bits per heavy atom. The standard InChI is InChI=1S/C18H16F3N3O6/c1-29-13-5-3-12(4-6-13)22-17(28)23-14(25)10-30-16(27)9-24-8-11(18(19,20)21)2-7-15(24)26/h2-8H,9-10H2,1H3,(H2,22,23,25,28). The van der Waals surface area contributed by atoms with E-state index < -0.39 is 48.4 Å². The summed E-state index contributed by atoms with van der Waals surface area (Å²) in [4.78, 5) is 46.7. The SMILES string of the molecule is COc1ccc(NC(=O)NC(=O)COC(=O)Cn2cc(C(F)(F)F)ccc2=O)cc1. The third-order valence-electron chi connectivity index (χ3n) is 3.58. The van der Waals surface area contributed by atoms with Crippen LogP contribution in [0.2, 0.25) is 0 Å². The van der Waals surface area contributed by atoms with Gasteiger partial charge in [0.05, 0.1) is 12.7 Å². The minimum absolute atomic E-state index is 0.363. The number of nitrogens with zero attached hydrogens (tertiary/aromatic N) is 1. The first kappa shape index (κ1) is 22.5. The van der Waals surface area contributed by atoms with E-state index in [1.807, 2.05) is 5.32 Å². The van der Waals surface area contributed by atoms with E-state index in [1.54, 1.807) is 12.1 Å². The lowest BCUT2D eigenvalue weighted by molar-refractivity contribution is -0.149. The summed E-state index contributed by atoms with van der Waals surface area (Å²) in [6, 6.07) is 6.55. The molecule has 2 aromatic rings. The topological polar surface area (TPSA) is 116 Å². The van der Waals surface area contributed by atoms with Gasteiger partial charge in [0.25, 0.3) is 11.5 Å². The molecule has 0 saturated carbocycles. The van der Waals surface area contributed by atoms with Crippen molar-refractivity contribution < 1.29 is 37.0 Å². The zero-order valence-electron chi connectivity index (χ0n) is 15.5. The zero-order valence-corrected chi connectivity index (χ0v) is 15.5. The molecule has 1 aromatic heterocycles.